The second-order valence-corrected chi connectivity index (χ2v) is 8.52. The van der Waals surface area contributed by atoms with Gasteiger partial charge in [-0.15, -0.1) is 0 Å². The maximum absolute atomic E-state index is 13.2. The number of carbonyl (C=O) groups is 1. The van der Waals surface area contributed by atoms with Crippen molar-refractivity contribution in [2.24, 2.45) is 0 Å². The first-order valence-electron chi connectivity index (χ1n) is 9.40. The number of methoxy groups -OCH3 is 1. The molecule has 0 aromatic carbocycles. The molecule has 1 aliphatic rings. The van der Waals surface area contributed by atoms with Gasteiger partial charge in [0, 0.05) is 25.9 Å². The molecule has 1 N–H and O–H groups in total. The highest BCUT2D eigenvalue weighted by molar-refractivity contribution is 8.26. The Kier molecular flexibility index (Phi) is 6.71. The number of carbonyl (C=O) groups excluding carboxylic acids is 1. The van der Waals surface area contributed by atoms with Gasteiger partial charge in [0.05, 0.1) is 17.1 Å². The van der Waals surface area contributed by atoms with Gasteiger partial charge in [-0.2, -0.15) is 0 Å². The fraction of sp³-hybridized carbons (Fsp3) is 0.400. The van der Waals surface area contributed by atoms with E-state index >= 15 is 0 Å². The van der Waals surface area contributed by atoms with Crippen molar-refractivity contribution < 1.29 is 9.53 Å². The third-order valence-electron chi connectivity index (χ3n) is 4.73. The van der Waals surface area contributed by atoms with Crippen LogP contribution in [0.15, 0.2) is 28.0 Å². The van der Waals surface area contributed by atoms with E-state index in [1.54, 1.807) is 30.3 Å². The molecule has 9 heteroatoms. The first-order chi connectivity index (χ1) is 13.9. The molecular formula is C20H24N4O3S2. The first-order valence-corrected chi connectivity index (χ1v) is 10.6. The zero-order valence-electron chi connectivity index (χ0n) is 16.9. The van der Waals surface area contributed by atoms with Crippen LogP contribution >= 0.6 is 24.0 Å². The molecule has 154 valence electrons. The summed E-state index contributed by atoms with van der Waals surface area (Å²) >= 11 is 6.61. The first kappa shape index (κ1) is 21.5. The Bertz CT molecular complexity index is 1050. The van der Waals surface area contributed by atoms with Crippen LogP contribution in [0.25, 0.3) is 11.7 Å². The summed E-state index contributed by atoms with van der Waals surface area (Å²) in [6.07, 6.45) is 4.13. The SMILES string of the molecule is CC[C@H](C)N1C(=O)/C(=C/c2c(NCCOC)nc3ccc(C)cn3c2=O)SC1=S. The molecular weight excluding hydrogens is 408 g/mol. The van der Waals surface area contributed by atoms with Crippen molar-refractivity contribution in [1.29, 1.82) is 0 Å². The number of pyridine rings is 1. The lowest BCUT2D eigenvalue weighted by Gasteiger charge is -2.21. The lowest BCUT2D eigenvalue weighted by Crippen LogP contribution is -2.36. The Morgan fingerprint density at radius 1 is 1.38 bits per heavy atom. The minimum atomic E-state index is -0.243. The van der Waals surface area contributed by atoms with Crippen molar-refractivity contribution in [3.8, 4) is 0 Å². The number of thioether (sulfide) groups is 1. The molecule has 3 heterocycles. The molecule has 2 aromatic heterocycles. The van der Waals surface area contributed by atoms with E-state index in [9.17, 15) is 9.59 Å². The molecule has 7 nitrogen and oxygen atoms in total. The van der Waals surface area contributed by atoms with Crippen molar-refractivity contribution in [2.75, 3.05) is 25.6 Å². The van der Waals surface area contributed by atoms with Crippen molar-refractivity contribution in [2.45, 2.75) is 33.2 Å². The van der Waals surface area contributed by atoms with Gasteiger partial charge in [-0.1, -0.05) is 37.0 Å². The minimum absolute atomic E-state index is 0.00572. The van der Waals surface area contributed by atoms with Crippen LogP contribution in [0, 0.1) is 6.92 Å². The van der Waals surface area contributed by atoms with Gasteiger partial charge in [-0.25, -0.2) is 4.98 Å². The number of ether oxygens (including phenoxy) is 1. The third-order valence-corrected chi connectivity index (χ3v) is 6.07. The van der Waals surface area contributed by atoms with Crippen LogP contribution in [0.1, 0.15) is 31.4 Å². The van der Waals surface area contributed by atoms with Crippen LogP contribution in [-0.2, 0) is 9.53 Å². The largest absolute Gasteiger partial charge is 0.383 e. The summed E-state index contributed by atoms with van der Waals surface area (Å²) < 4.78 is 7.09. The number of rotatable bonds is 7. The summed E-state index contributed by atoms with van der Waals surface area (Å²) in [7, 11) is 1.61. The quantitative estimate of drug-likeness (QED) is 0.409. The number of thiocarbonyl (C=S) groups is 1. The van der Waals surface area contributed by atoms with Crippen LogP contribution in [0.5, 0.6) is 0 Å². The summed E-state index contributed by atoms with van der Waals surface area (Å²) in [6, 6.07) is 3.70. The lowest BCUT2D eigenvalue weighted by molar-refractivity contribution is -0.123. The number of aromatic nitrogens is 2. The molecule has 1 amide bonds. The van der Waals surface area contributed by atoms with Gasteiger partial charge in [-0.3, -0.25) is 18.9 Å². The Hall–Kier alpha value is -2.23. The summed E-state index contributed by atoms with van der Waals surface area (Å²) in [4.78, 5) is 32.8. The average Bonchev–Trinajstić information content (AvgIpc) is 2.98. The topological polar surface area (TPSA) is 75.9 Å². The van der Waals surface area contributed by atoms with Crippen LogP contribution in [0.2, 0.25) is 0 Å². The predicted octanol–water partition coefficient (Wildman–Crippen LogP) is 3.06. The maximum Gasteiger partial charge on any atom is 0.267 e. The van der Waals surface area contributed by atoms with Gasteiger partial charge in [0.15, 0.2) is 0 Å². The summed E-state index contributed by atoms with van der Waals surface area (Å²) in [5, 5.41) is 3.15. The number of hydrogen-bond donors (Lipinski definition) is 1. The van der Waals surface area contributed by atoms with Crippen molar-refractivity contribution in [3.63, 3.8) is 0 Å². The molecule has 1 atom stereocenters. The van der Waals surface area contributed by atoms with Crippen LogP contribution < -0.4 is 10.9 Å². The van der Waals surface area contributed by atoms with E-state index in [-0.39, 0.29) is 17.5 Å². The number of aryl methyl sites for hydroxylation is 1. The summed E-state index contributed by atoms with van der Waals surface area (Å²) in [5.74, 6) is 0.246. The molecule has 1 aliphatic heterocycles. The van der Waals surface area contributed by atoms with Crippen molar-refractivity contribution in [1.82, 2.24) is 14.3 Å². The minimum Gasteiger partial charge on any atom is -0.383 e. The monoisotopic (exact) mass is 432 g/mol. The maximum atomic E-state index is 13.2. The highest BCUT2D eigenvalue weighted by Crippen LogP contribution is 2.34. The molecule has 2 aromatic rings. The predicted molar refractivity (Wildman–Crippen MR) is 121 cm³/mol. The molecule has 0 unspecified atom stereocenters. The summed E-state index contributed by atoms with van der Waals surface area (Å²) in [5.41, 5.74) is 1.56. The number of nitrogens with one attached hydrogen (secondary N) is 1. The number of nitrogens with zero attached hydrogens (tertiary/aromatic N) is 3. The van der Waals surface area contributed by atoms with Crippen molar-refractivity contribution in [3.05, 3.63) is 44.7 Å². The van der Waals surface area contributed by atoms with Crippen molar-refractivity contribution >= 4 is 51.7 Å². The molecule has 1 saturated heterocycles. The number of anilines is 1. The third kappa shape index (κ3) is 4.36. The number of fused-ring (bicyclic) bond motifs is 1. The number of amides is 1. The zero-order chi connectivity index (χ0) is 21.1. The van der Waals surface area contributed by atoms with E-state index in [1.165, 1.54) is 16.2 Å². The Balaban J connectivity index is 2.11. The molecule has 0 aliphatic carbocycles. The second-order valence-electron chi connectivity index (χ2n) is 6.84. The second kappa shape index (κ2) is 9.06. The van der Waals surface area contributed by atoms with E-state index in [2.05, 4.69) is 10.3 Å². The Labute approximate surface area is 179 Å². The van der Waals surface area contributed by atoms with Crippen LogP contribution in [0.4, 0.5) is 5.82 Å². The molecule has 0 saturated carbocycles. The molecule has 3 rings (SSSR count). The Morgan fingerprint density at radius 3 is 2.83 bits per heavy atom. The lowest BCUT2D eigenvalue weighted by atomic mass is 10.2. The smallest absolute Gasteiger partial charge is 0.267 e. The van der Waals surface area contributed by atoms with Gasteiger partial charge in [0.2, 0.25) is 0 Å². The Morgan fingerprint density at radius 2 is 2.14 bits per heavy atom. The molecule has 29 heavy (non-hydrogen) atoms. The van der Waals surface area contributed by atoms with Gasteiger partial charge in [0.1, 0.15) is 15.8 Å². The van der Waals surface area contributed by atoms with Crippen LogP contribution in [0.3, 0.4) is 0 Å². The summed E-state index contributed by atoms with van der Waals surface area (Å²) in [6.45, 7) is 6.82. The highest BCUT2D eigenvalue weighted by Gasteiger charge is 2.35. The van der Waals surface area contributed by atoms with E-state index in [4.69, 9.17) is 17.0 Å². The van der Waals surface area contributed by atoms with Gasteiger partial charge in [-0.05, 0) is 38.0 Å². The standard InChI is InChI=1S/C20H24N4O3S2/c1-5-13(3)24-19(26)15(29-20(24)28)10-14-17(21-8-9-27-4)22-16-7-6-12(2)11-23(16)18(14)25/h6-7,10-11,13,21H,5,8-9H2,1-4H3/b15-10-/t13-/m0/s1. The van der Waals surface area contributed by atoms with E-state index in [0.717, 1.165) is 12.0 Å². The molecule has 1 fully saturated rings. The van der Waals surface area contributed by atoms with E-state index < -0.39 is 0 Å². The highest BCUT2D eigenvalue weighted by atomic mass is 32.2. The fourth-order valence-electron chi connectivity index (χ4n) is 2.97. The molecule has 0 radical (unpaired) electrons. The average molecular weight is 433 g/mol. The normalized spacial score (nSPS) is 16.8. The van der Waals surface area contributed by atoms with E-state index in [0.29, 0.717) is 39.4 Å². The van der Waals surface area contributed by atoms with Gasteiger partial charge in [0.25, 0.3) is 11.5 Å². The zero-order valence-corrected chi connectivity index (χ0v) is 18.5. The van der Waals surface area contributed by atoms with Crippen LogP contribution in [-0.4, -0.2) is 50.8 Å². The van der Waals surface area contributed by atoms with Gasteiger partial charge < -0.3 is 10.1 Å². The van der Waals surface area contributed by atoms with Gasteiger partial charge >= 0.3 is 0 Å². The van der Waals surface area contributed by atoms with E-state index in [1.807, 2.05) is 26.8 Å². The fourth-order valence-corrected chi connectivity index (χ4v) is 4.41. The molecule has 0 spiro atoms. The molecule has 0 bridgehead atoms. The number of hydrogen-bond acceptors (Lipinski definition) is 7.